The highest BCUT2D eigenvalue weighted by Gasteiger charge is 2.17. The van der Waals surface area contributed by atoms with Crippen molar-refractivity contribution in [2.75, 3.05) is 36.4 Å². The van der Waals surface area contributed by atoms with Gasteiger partial charge in [-0.2, -0.15) is 0 Å². The van der Waals surface area contributed by atoms with E-state index >= 15 is 0 Å². The summed E-state index contributed by atoms with van der Waals surface area (Å²) in [5.41, 5.74) is 3.35. The summed E-state index contributed by atoms with van der Waals surface area (Å²) in [5, 5.41) is 0.379. The van der Waals surface area contributed by atoms with Crippen LogP contribution in [0.3, 0.4) is 0 Å². The average Bonchev–Trinajstić information content (AvgIpc) is 2.63. The van der Waals surface area contributed by atoms with E-state index in [0.717, 1.165) is 38.3 Å². The molecule has 0 N–H and O–H groups in total. The van der Waals surface area contributed by atoms with Crippen LogP contribution < -0.4 is 4.90 Å². The van der Waals surface area contributed by atoms with Crippen LogP contribution >= 0.6 is 32.9 Å². The standard InChI is InChI=1S/C19H21BrN2O.BrH/c20-14-19(23)17-6-8-18(9-7-17)22-12-10-21(11-13-22)15-16-4-2-1-3-5-16;/h1-9H,10-15H2;1H. The summed E-state index contributed by atoms with van der Waals surface area (Å²) in [6.45, 7) is 5.21. The largest absolute Gasteiger partial charge is 0.369 e. The van der Waals surface area contributed by atoms with Gasteiger partial charge in [0.2, 0.25) is 0 Å². The first-order valence-electron chi connectivity index (χ1n) is 7.97. The number of hydrogen-bond acceptors (Lipinski definition) is 3. The second-order valence-electron chi connectivity index (χ2n) is 5.85. The number of ketones is 1. The normalized spacial score (nSPS) is 15.0. The molecule has 0 atom stereocenters. The molecule has 0 amide bonds. The van der Waals surface area contributed by atoms with Gasteiger partial charge in [-0.3, -0.25) is 9.69 Å². The molecule has 1 heterocycles. The van der Waals surface area contributed by atoms with E-state index in [1.54, 1.807) is 0 Å². The number of benzene rings is 2. The molecule has 0 saturated carbocycles. The summed E-state index contributed by atoms with van der Waals surface area (Å²) >= 11 is 3.21. The minimum absolute atomic E-state index is 0. The zero-order valence-corrected chi connectivity index (χ0v) is 16.8. The SMILES string of the molecule is Br.O=C(CBr)c1ccc(N2CCN(Cc3ccccc3)CC2)cc1. The minimum Gasteiger partial charge on any atom is -0.369 e. The zero-order chi connectivity index (χ0) is 16.1. The van der Waals surface area contributed by atoms with E-state index in [0.29, 0.717) is 5.33 Å². The molecule has 0 bridgehead atoms. The Morgan fingerprint density at radius 3 is 2.12 bits per heavy atom. The van der Waals surface area contributed by atoms with E-state index in [1.807, 2.05) is 12.1 Å². The van der Waals surface area contributed by atoms with Crippen LogP contribution in [0.2, 0.25) is 0 Å². The van der Waals surface area contributed by atoms with Gasteiger partial charge in [-0.1, -0.05) is 46.3 Å². The fourth-order valence-corrected chi connectivity index (χ4v) is 3.26. The van der Waals surface area contributed by atoms with Gasteiger partial charge in [0, 0.05) is 44.0 Å². The Hall–Kier alpha value is -1.17. The van der Waals surface area contributed by atoms with Gasteiger partial charge < -0.3 is 4.90 Å². The van der Waals surface area contributed by atoms with Gasteiger partial charge in [0.05, 0.1) is 5.33 Å². The Morgan fingerprint density at radius 1 is 0.917 bits per heavy atom. The highest BCUT2D eigenvalue weighted by Crippen LogP contribution is 2.18. The number of halogens is 2. The molecule has 5 heteroatoms. The van der Waals surface area contributed by atoms with Crippen molar-refractivity contribution in [1.29, 1.82) is 0 Å². The van der Waals surface area contributed by atoms with Crippen LogP contribution in [-0.2, 0) is 6.54 Å². The second-order valence-corrected chi connectivity index (χ2v) is 6.41. The molecule has 1 aliphatic heterocycles. The summed E-state index contributed by atoms with van der Waals surface area (Å²) < 4.78 is 0. The summed E-state index contributed by atoms with van der Waals surface area (Å²) in [4.78, 5) is 16.5. The monoisotopic (exact) mass is 452 g/mol. The third-order valence-electron chi connectivity index (χ3n) is 4.30. The van der Waals surface area contributed by atoms with Crippen molar-refractivity contribution >= 4 is 44.4 Å². The quantitative estimate of drug-likeness (QED) is 0.501. The lowest BCUT2D eigenvalue weighted by atomic mass is 10.1. The van der Waals surface area contributed by atoms with Crippen LogP contribution in [0.4, 0.5) is 5.69 Å². The number of carbonyl (C=O) groups excluding carboxylic acids is 1. The maximum Gasteiger partial charge on any atom is 0.173 e. The molecule has 0 aliphatic carbocycles. The summed E-state index contributed by atoms with van der Waals surface area (Å²) in [6, 6.07) is 18.6. The van der Waals surface area contributed by atoms with Crippen LogP contribution in [-0.4, -0.2) is 42.2 Å². The first kappa shape index (κ1) is 19.2. The molecule has 2 aromatic rings. The van der Waals surface area contributed by atoms with Crippen molar-refractivity contribution < 1.29 is 4.79 Å². The smallest absolute Gasteiger partial charge is 0.173 e. The van der Waals surface area contributed by atoms with Crippen molar-refractivity contribution in [3.05, 3.63) is 65.7 Å². The van der Waals surface area contributed by atoms with Crippen molar-refractivity contribution in [2.24, 2.45) is 0 Å². The Kier molecular flexibility index (Phi) is 7.46. The lowest BCUT2D eigenvalue weighted by Gasteiger charge is -2.36. The molecule has 2 aromatic carbocycles. The molecule has 3 rings (SSSR count). The maximum absolute atomic E-state index is 11.7. The van der Waals surface area contributed by atoms with Crippen LogP contribution in [0.25, 0.3) is 0 Å². The van der Waals surface area contributed by atoms with E-state index in [-0.39, 0.29) is 22.8 Å². The van der Waals surface area contributed by atoms with E-state index in [2.05, 4.69) is 68.2 Å². The van der Waals surface area contributed by atoms with Crippen LogP contribution in [0, 0.1) is 0 Å². The Balaban J connectivity index is 0.00000208. The summed E-state index contributed by atoms with van der Waals surface area (Å²) in [7, 11) is 0. The Morgan fingerprint density at radius 2 is 1.54 bits per heavy atom. The van der Waals surface area contributed by atoms with Crippen molar-refractivity contribution in [3.63, 3.8) is 0 Å². The van der Waals surface area contributed by atoms with Crippen LogP contribution in [0.5, 0.6) is 0 Å². The number of hydrogen-bond donors (Lipinski definition) is 0. The molecule has 128 valence electrons. The molecule has 3 nitrogen and oxygen atoms in total. The van der Waals surface area contributed by atoms with E-state index in [4.69, 9.17) is 0 Å². The lowest BCUT2D eigenvalue weighted by molar-refractivity contribution is 0.102. The molecule has 0 aromatic heterocycles. The summed E-state index contributed by atoms with van der Waals surface area (Å²) in [5.74, 6) is 0.129. The van der Waals surface area contributed by atoms with Crippen molar-refractivity contribution in [1.82, 2.24) is 4.90 Å². The predicted molar refractivity (Wildman–Crippen MR) is 109 cm³/mol. The lowest BCUT2D eigenvalue weighted by Crippen LogP contribution is -2.45. The van der Waals surface area contributed by atoms with Crippen molar-refractivity contribution in [3.8, 4) is 0 Å². The second kappa shape index (κ2) is 9.35. The summed E-state index contributed by atoms with van der Waals surface area (Å²) in [6.07, 6.45) is 0. The fourth-order valence-electron chi connectivity index (χ4n) is 2.94. The van der Waals surface area contributed by atoms with E-state index in [1.165, 1.54) is 11.3 Å². The first-order valence-corrected chi connectivity index (χ1v) is 9.09. The highest BCUT2D eigenvalue weighted by atomic mass is 79.9. The van der Waals surface area contributed by atoms with E-state index in [9.17, 15) is 4.79 Å². The molecule has 0 unspecified atom stereocenters. The number of carbonyl (C=O) groups is 1. The average molecular weight is 454 g/mol. The maximum atomic E-state index is 11.7. The molecular formula is C19H22Br2N2O. The van der Waals surface area contributed by atoms with Crippen LogP contribution in [0.15, 0.2) is 54.6 Å². The Labute approximate surface area is 162 Å². The molecular weight excluding hydrogens is 432 g/mol. The first-order chi connectivity index (χ1) is 11.3. The predicted octanol–water partition coefficient (Wildman–Crippen LogP) is 4.16. The van der Waals surface area contributed by atoms with Crippen LogP contribution in [0.1, 0.15) is 15.9 Å². The fraction of sp³-hybridized carbons (Fsp3) is 0.316. The number of anilines is 1. The van der Waals surface area contributed by atoms with Gasteiger partial charge in [0.15, 0.2) is 5.78 Å². The van der Waals surface area contributed by atoms with Gasteiger partial charge in [-0.25, -0.2) is 0 Å². The van der Waals surface area contributed by atoms with E-state index < -0.39 is 0 Å². The minimum atomic E-state index is 0. The van der Waals surface area contributed by atoms with Gasteiger partial charge in [0.1, 0.15) is 0 Å². The van der Waals surface area contributed by atoms with Gasteiger partial charge >= 0.3 is 0 Å². The molecule has 24 heavy (non-hydrogen) atoms. The number of piperazine rings is 1. The number of nitrogens with zero attached hydrogens (tertiary/aromatic N) is 2. The van der Waals surface area contributed by atoms with Gasteiger partial charge in [-0.15, -0.1) is 17.0 Å². The number of Topliss-reactive ketones (excluding diaryl/α,β-unsaturated/α-hetero) is 1. The van der Waals surface area contributed by atoms with Crippen molar-refractivity contribution in [2.45, 2.75) is 6.54 Å². The molecule has 0 radical (unpaired) electrons. The molecule has 1 aliphatic rings. The Bertz CT molecular complexity index is 638. The van der Waals surface area contributed by atoms with Gasteiger partial charge in [0.25, 0.3) is 0 Å². The highest BCUT2D eigenvalue weighted by molar-refractivity contribution is 9.09. The molecule has 1 saturated heterocycles. The van der Waals surface area contributed by atoms with Gasteiger partial charge in [-0.05, 0) is 29.8 Å². The molecule has 1 fully saturated rings. The molecule has 0 spiro atoms. The third kappa shape index (κ3) is 4.91. The topological polar surface area (TPSA) is 23.6 Å². The number of alkyl halides is 1. The zero-order valence-electron chi connectivity index (χ0n) is 13.5. The third-order valence-corrected chi connectivity index (χ3v) is 4.81. The number of rotatable bonds is 5.